The van der Waals surface area contributed by atoms with Crippen LogP contribution in [0.15, 0.2) is 77.6 Å². The number of benzene rings is 3. The maximum atomic E-state index is 12.2. The summed E-state index contributed by atoms with van der Waals surface area (Å²) >= 11 is 0. The molecule has 5 nitrogen and oxygen atoms in total. The molecule has 1 N–H and O–H groups in total. The summed E-state index contributed by atoms with van der Waals surface area (Å²) in [5.74, 6) is 1.43. The van der Waals surface area contributed by atoms with Crippen LogP contribution in [0.1, 0.15) is 6.42 Å². The molecule has 0 radical (unpaired) electrons. The van der Waals surface area contributed by atoms with Gasteiger partial charge in [0, 0.05) is 23.7 Å². The van der Waals surface area contributed by atoms with Crippen molar-refractivity contribution in [2.45, 2.75) is 6.42 Å². The number of aromatic nitrogens is 2. The molecule has 0 saturated carbocycles. The standard InChI is InChI=1S/C25H25N3O2.ClH/c1-28(2)13-6-14-30-22-12-11-19-15-21(10-9-20(19)16-22)25-26-23(17-24(29)27-25)18-7-4-3-5-8-18;/h3-5,7-12,15-17H,6,13-14H2,1-2H3,(H,26,27,29);1H. The summed E-state index contributed by atoms with van der Waals surface area (Å²) in [6.07, 6.45) is 0.987. The van der Waals surface area contributed by atoms with Gasteiger partial charge in [-0.3, -0.25) is 4.79 Å². The molecule has 4 aromatic rings. The van der Waals surface area contributed by atoms with Gasteiger partial charge in [0.05, 0.1) is 12.3 Å². The number of nitrogens with zero attached hydrogens (tertiary/aromatic N) is 2. The Morgan fingerprint density at radius 2 is 1.65 bits per heavy atom. The minimum Gasteiger partial charge on any atom is -0.494 e. The summed E-state index contributed by atoms with van der Waals surface area (Å²) in [5.41, 5.74) is 2.29. The Morgan fingerprint density at radius 1 is 0.903 bits per heavy atom. The average molecular weight is 436 g/mol. The smallest absolute Gasteiger partial charge is 0.251 e. The van der Waals surface area contributed by atoms with Gasteiger partial charge in [-0.1, -0.05) is 48.5 Å². The van der Waals surface area contributed by atoms with E-state index >= 15 is 0 Å². The van der Waals surface area contributed by atoms with Crippen LogP contribution in [0.5, 0.6) is 5.75 Å². The van der Waals surface area contributed by atoms with Crippen molar-refractivity contribution in [3.63, 3.8) is 0 Å². The van der Waals surface area contributed by atoms with Crippen LogP contribution in [-0.4, -0.2) is 42.1 Å². The van der Waals surface area contributed by atoms with Crippen molar-refractivity contribution < 1.29 is 4.74 Å². The fourth-order valence-electron chi connectivity index (χ4n) is 3.38. The van der Waals surface area contributed by atoms with Crippen molar-refractivity contribution in [2.24, 2.45) is 0 Å². The van der Waals surface area contributed by atoms with Crippen molar-refractivity contribution in [3.05, 3.63) is 83.2 Å². The maximum Gasteiger partial charge on any atom is 0.251 e. The summed E-state index contributed by atoms with van der Waals surface area (Å²) in [7, 11) is 4.12. The molecule has 0 aliphatic heterocycles. The largest absolute Gasteiger partial charge is 0.494 e. The lowest BCUT2D eigenvalue weighted by Crippen LogP contribution is -2.15. The van der Waals surface area contributed by atoms with E-state index in [4.69, 9.17) is 4.74 Å². The SMILES string of the molecule is CN(C)CCCOc1ccc2cc(-c3nc(-c4ccccc4)cc(=O)[nH]3)ccc2c1.Cl. The van der Waals surface area contributed by atoms with Crippen molar-refractivity contribution in [1.82, 2.24) is 14.9 Å². The Balaban J connectivity index is 0.00000272. The minimum atomic E-state index is -0.166. The predicted molar refractivity (Wildman–Crippen MR) is 129 cm³/mol. The molecule has 6 heteroatoms. The van der Waals surface area contributed by atoms with E-state index in [-0.39, 0.29) is 18.0 Å². The van der Waals surface area contributed by atoms with E-state index in [1.807, 2.05) is 66.7 Å². The van der Waals surface area contributed by atoms with Crippen molar-refractivity contribution in [3.8, 4) is 28.4 Å². The highest BCUT2D eigenvalue weighted by atomic mass is 35.5. The van der Waals surface area contributed by atoms with Gasteiger partial charge in [-0.25, -0.2) is 4.98 Å². The van der Waals surface area contributed by atoms with Crippen LogP contribution in [0.2, 0.25) is 0 Å². The third-order valence-electron chi connectivity index (χ3n) is 4.91. The van der Waals surface area contributed by atoms with Crippen LogP contribution in [0.25, 0.3) is 33.4 Å². The van der Waals surface area contributed by atoms with Crippen LogP contribution in [0.4, 0.5) is 0 Å². The molecule has 0 amide bonds. The summed E-state index contributed by atoms with van der Waals surface area (Å²) in [6.45, 7) is 1.70. The maximum absolute atomic E-state index is 12.2. The molecule has 0 fully saturated rings. The molecule has 0 aliphatic carbocycles. The second kappa shape index (κ2) is 10.2. The fourth-order valence-corrected chi connectivity index (χ4v) is 3.38. The molecule has 0 unspecified atom stereocenters. The van der Waals surface area contributed by atoms with E-state index < -0.39 is 0 Å². The van der Waals surface area contributed by atoms with Crippen LogP contribution in [-0.2, 0) is 0 Å². The first-order chi connectivity index (χ1) is 14.6. The number of H-pyrrole nitrogens is 1. The van der Waals surface area contributed by atoms with E-state index in [1.54, 1.807) is 0 Å². The van der Waals surface area contributed by atoms with Gasteiger partial charge < -0.3 is 14.6 Å². The Labute approximate surface area is 188 Å². The zero-order valence-electron chi connectivity index (χ0n) is 17.7. The summed E-state index contributed by atoms with van der Waals surface area (Å²) in [6, 6.07) is 23.4. The Hall–Kier alpha value is -3.15. The summed E-state index contributed by atoms with van der Waals surface area (Å²) in [4.78, 5) is 21.9. The number of hydrogen-bond acceptors (Lipinski definition) is 4. The molecular formula is C25H26ClN3O2. The number of aromatic amines is 1. The first-order valence-electron chi connectivity index (χ1n) is 10.1. The molecule has 0 atom stereocenters. The molecule has 1 heterocycles. The van der Waals surface area contributed by atoms with Gasteiger partial charge in [0.25, 0.3) is 5.56 Å². The van der Waals surface area contributed by atoms with Crippen molar-refractivity contribution >= 4 is 23.2 Å². The van der Waals surface area contributed by atoms with Crippen LogP contribution in [0, 0.1) is 0 Å². The van der Waals surface area contributed by atoms with Gasteiger partial charge >= 0.3 is 0 Å². The fraction of sp³-hybridized carbons (Fsp3) is 0.200. The third-order valence-corrected chi connectivity index (χ3v) is 4.91. The highest BCUT2D eigenvalue weighted by Gasteiger charge is 2.07. The highest BCUT2D eigenvalue weighted by molar-refractivity contribution is 5.87. The Bertz CT molecular complexity index is 1210. The molecule has 1 aromatic heterocycles. The van der Waals surface area contributed by atoms with Crippen molar-refractivity contribution in [1.29, 1.82) is 0 Å². The number of nitrogens with one attached hydrogen (secondary N) is 1. The normalized spacial score (nSPS) is 10.8. The number of fused-ring (bicyclic) bond motifs is 1. The monoisotopic (exact) mass is 435 g/mol. The second-order valence-electron chi connectivity index (χ2n) is 7.57. The van der Waals surface area contributed by atoms with E-state index in [9.17, 15) is 4.79 Å². The molecule has 160 valence electrons. The van der Waals surface area contributed by atoms with Crippen LogP contribution >= 0.6 is 12.4 Å². The molecule has 0 saturated heterocycles. The third kappa shape index (κ3) is 5.72. The molecule has 4 rings (SSSR count). The van der Waals surface area contributed by atoms with Gasteiger partial charge in [-0.15, -0.1) is 12.4 Å². The Morgan fingerprint density at radius 3 is 2.42 bits per heavy atom. The lowest BCUT2D eigenvalue weighted by atomic mass is 10.1. The van der Waals surface area contributed by atoms with E-state index in [0.717, 1.165) is 40.6 Å². The zero-order chi connectivity index (χ0) is 20.9. The molecular weight excluding hydrogens is 410 g/mol. The number of hydrogen-bond donors (Lipinski definition) is 1. The van der Waals surface area contributed by atoms with Gasteiger partial charge in [-0.2, -0.15) is 0 Å². The van der Waals surface area contributed by atoms with Crippen LogP contribution in [0.3, 0.4) is 0 Å². The van der Waals surface area contributed by atoms with Crippen LogP contribution < -0.4 is 10.3 Å². The lowest BCUT2D eigenvalue weighted by molar-refractivity contribution is 0.282. The molecule has 0 aliphatic rings. The van der Waals surface area contributed by atoms with Gasteiger partial charge in [0.15, 0.2) is 0 Å². The zero-order valence-corrected chi connectivity index (χ0v) is 18.5. The second-order valence-corrected chi connectivity index (χ2v) is 7.57. The first-order valence-corrected chi connectivity index (χ1v) is 10.1. The minimum absolute atomic E-state index is 0. The van der Waals surface area contributed by atoms with E-state index in [0.29, 0.717) is 18.1 Å². The van der Waals surface area contributed by atoms with E-state index in [1.165, 1.54) is 6.07 Å². The quantitative estimate of drug-likeness (QED) is 0.414. The first kappa shape index (κ1) is 22.5. The van der Waals surface area contributed by atoms with E-state index in [2.05, 4.69) is 29.0 Å². The topological polar surface area (TPSA) is 58.2 Å². The molecule has 0 bridgehead atoms. The lowest BCUT2D eigenvalue weighted by Gasteiger charge is -2.11. The summed E-state index contributed by atoms with van der Waals surface area (Å²) in [5, 5.41) is 2.16. The van der Waals surface area contributed by atoms with Crippen molar-refractivity contribution in [2.75, 3.05) is 27.2 Å². The predicted octanol–water partition coefficient (Wildman–Crippen LogP) is 5.01. The molecule has 0 spiro atoms. The number of ether oxygens (including phenoxy) is 1. The van der Waals surface area contributed by atoms with Gasteiger partial charge in [-0.05, 0) is 49.5 Å². The van der Waals surface area contributed by atoms with Gasteiger partial charge in [0.2, 0.25) is 0 Å². The van der Waals surface area contributed by atoms with Gasteiger partial charge in [0.1, 0.15) is 11.6 Å². The number of rotatable bonds is 7. The highest BCUT2D eigenvalue weighted by Crippen LogP contribution is 2.26. The number of halogens is 1. The Kier molecular flexibility index (Phi) is 7.45. The summed E-state index contributed by atoms with van der Waals surface area (Å²) < 4.78 is 5.87. The molecule has 3 aromatic carbocycles. The molecule has 31 heavy (non-hydrogen) atoms. The average Bonchev–Trinajstić information content (AvgIpc) is 2.76.